The Bertz CT molecular complexity index is 1290. The average Bonchev–Trinajstić information content (AvgIpc) is 3.19. The summed E-state index contributed by atoms with van der Waals surface area (Å²) in [6, 6.07) is 12.9. The lowest BCUT2D eigenvalue weighted by atomic mass is 9.95. The lowest BCUT2D eigenvalue weighted by Gasteiger charge is -2.40. The van der Waals surface area contributed by atoms with Crippen molar-refractivity contribution in [2.75, 3.05) is 32.8 Å². The number of nitrogens with one attached hydrogen (secondary N) is 1. The Balaban J connectivity index is 1.06. The Morgan fingerprint density at radius 3 is 2.65 bits per heavy atom. The van der Waals surface area contributed by atoms with Gasteiger partial charge < -0.3 is 14.4 Å². The van der Waals surface area contributed by atoms with Crippen LogP contribution >= 0.6 is 11.6 Å². The highest BCUT2D eigenvalue weighted by Gasteiger charge is 2.39. The number of carbonyl (C=O) groups is 3. The first-order chi connectivity index (χ1) is 17.9. The Morgan fingerprint density at radius 2 is 1.86 bits per heavy atom. The maximum atomic E-state index is 12.9. The standard InChI is InChI=1S/C28H28ClN3O5/c29-20-3-1-17(2-4-20)23-9-10-36-16-19(23)12-31-14-22(15-31)37-21-5-6-24-18(11-21)13-32(28(24)35)25-7-8-26(33)30-27(25)34/h1-6,11,22,25H,7-10,12-16H2,(H,30,33,34). The number of fused-ring (bicyclic) bond motifs is 1. The molecule has 0 spiro atoms. The van der Waals surface area contributed by atoms with E-state index in [0.717, 1.165) is 49.0 Å². The van der Waals surface area contributed by atoms with Crippen LogP contribution in [0.1, 0.15) is 40.7 Å². The number of nitrogens with zero attached hydrogens (tertiary/aromatic N) is 2. The molecule has 2 aromatic carbocycles. The molecule has 1 atom stereocenters. The fraction of sp³-hybridized carbons (Fsp3) is 0.393. The zero-order valence-electron chi connectivity index (χ0n) is 20.4. The summed E-state index contributed by atoms with van der Waals surface area (Å²) < 4.78 is 12.0. The minimum atomic E-state index is -0.613. The van der Waals surface area contributed by atoms with Crippen molar-refractivity contribution in [3.05, 3.63) is 69.8 Å². The summed E-state index contributed by atoms with van der Waals surface area (Å²) in [5.74, 6) is -0.140. The van der Waals surface area contributed by atoms with Crippen LogP contribution in [0.5, 0.6) is 5.75 Å². The molecule has 1 N–H and O–H groups in total. The third-order valence-electron chi connectivity index (χ3n) is 7.53. The molecule has 37 heavy (non-hydrogen) atoms. The van der Waals surface area contributed by atoms with E-state index in [1.165, 1.54) is 16.7 Å². The second kappa shape index (κ2) is 9.93. The highest BCUT2D eigenvalue weighted by Crippen LogP contribution is 2.32. The maximum Gasteiger partial charge on any atom is 0.255 e. The normalized spacial score (nSPS) is 22.7. The number of halogens is 1. The van der Waals surface area contributed by atoms with E-state index in [-0.39, 0.29) is 24.3 Å². The lowest BCUT2D eigenvalue weighted by Crippen LogP contribution is -2.54. The molecular weight excluding hydrogens is 494 g/mol. The van der Waals surface area contributed by atoms with Crippen molar-refractivity contribution < 1.29 is 23.9 Å². The predicted molar refractivity (Wildman–Crippen MR) is 137 cm³/mol. The van der Waals surface area contributed by atoms with Crippen LogP contribution in [-0.2, 0) is 20.9 Å². The molecule has 2 saturated heterocycles. The summed E-state index contributed by atoms with van der Waals surface area (Å²) in [5, 5.41) is 3.07. The number of hydrogen-bond acceptors (Lipinski definition) is 6. The largest absolute Gasteiger partial charge is 0.488 e. The number of rotatable bonds is 6. The Hall–Kier alpha value is -3.20. The second-order valence-corrected chi connectivity index (χ2v) is 10.5. The fourth-order valence-electron chi connectivity index (χ4n) is 5.59. The molecule has 0 radical (unpaired) electrons. The molecule has 4 aliphatic rings. The Labute approximate surface area is 220 Å². The van der Waals surface area contributed by atoms with Gasteiger partial charge in [-0.25, -0.2) is 0 Å². The van der Waals surface area contributed by atoms with Crippen molar-refractivity contribution in [3.8, 4) is 5.75 Å². The van der Waals surface area contributed by atoms with Crippen LogP contribution in [0.3, 0.4) is 0 Å². The van der Waals surface area contributed by atoms with E-state index in [4.69, 9.17) is 21.1 Å². The van der Waals surface area contributed by atoms with Crippen molar-refractivity contribution in [2.45, 2.75) is 38.0 Å². The SMILES string of the molecule is O=C1CCC(N2Cc3cc(OC4CN(CC5=C(c6ccc(Cl)cc6)CCOC5)C4)ccc3C2=O)C(=O)N1. The van der Waals surface area contributed by atoms with Gasteiger partial charge in [0.15, 0.2) is 0 Å². The van der Waals surface area contributed by atoms with Crippen LogP contribution < -0.4 is 10.1 Å². The van der Waals surface area contributed by atoms with Crippen LogP contribution in [0.4, 0.5) is 0 Å². The molecule has 0 aliphatic carbocycles. The zero-order chi connectivity index (χ0) is 25.5. The molecular formula is C28H28ClN3O5. The molecule has 0 saturated carbocycles. The third-order valence-corrected chi connectivity index (χ3v) is 7.78. The molecule has 0 aromatic heterocycles. The number of amides is 3. The summed E-state index contributed by atoms with van der Waals surface area (Å²) in [6.45, 7) is 4.19. The first kappa shape index (κ1) is 24.2. The van der Waals surface area contributed by atoms with Crippen LogP contribution in [0.25, 0.3) is 5.57 Å². The van der Waals surface area contributed by atoms with E-state index in [1.54, 1.807) is 11.0 Å². The smallest absolute Gasteiger partial charge is 0.255 e. The monoisotopic (exact) mass is 521 g/mol. The van der Waals surface area contributed by atoms with Gasteiger partial charge in [0, 0.05) is 43.2 Å². The van der Waals surface area contributed by atoms with Crippen LogP contribution in [0, 0.1) is 0 Å². The van der Waals surface area contributed by atoms with E-state index in [9.17, 15) is 14.4 Å². The van der Waals surface area contributed by atoms with Gasteiger partial charge in [0.1, 0.15) is 17.9 Å². The van der Waals surface area contributed by atoms with Gasteiger partial charge in [-0.2, -0.15) is 0 Å². The Kier molecular flexibility index (Phi) is 6.48. The number of imide groups is 1. The predicted octanol–water partition coefficient (Wildman–Crippen LogP) is 3.04. The van der Waals surface area contributed by atoms with E-state index >= 15 is 0 Å². The first-order valence-corrected chi connectivity index (χ1v) is 13.0. The quantitative estimate of drug-likeness (QED) is 0.588. The summed E-state index contributed by atoms with van der Waals surface area (Å²) in [6.07, 6.45) is 1.57. The highest BCUT2D eigenvalue weighted by atomic mass is 35.5. The van der Waals surface area contributed by atoms with Gasteiger partial charge in [0.2, 0.25) is 11.8 Å². The molecule has 192 valence electrons. The van der Waals surface area contributed by atoms with Gasteiger partial charge in [-0.1, -0.05) is 23.7 Å². The first-order valence-electron chi connectivity index (χ1n) is 12.7. The van der Waals surface area contributed by atoms with E-state index in [1.807, 2.05) is 24.3 Å². The van der Waals surface area contributed by atoms with E-state index < -0.39 is 11.9 Å². The van der Waals surface area contributed by atoms with Gasteiger partial charge in [-0.3, -0.25) is 24.6 Å². The molecule has 2 aromatic rings. The van der Waals surface area contributed by atoms with Gasteiger partial charge >= 0.3 is 0 Å². The van der Waals surface area contributed by atoms with Crippen molar-refractivity contribution >= 4 is 34.9 Å². The molecule has 4 aliphatic heterocycles. The summed E-state index contributed by atoms with van der Waals surface area (Å²) in [5.41, 5.74) is 5.29. The van der Waals surface area contributed by atoms with Crippen molar-refractivity contribution in [3.63, 3.8) is 0 Å². The fourth-order valence-corrected chi connectivity index (χ4v) is 5.71. The summed E-state index contributed by atoms with van der Waals surface area (Å²) >= 11 is 6.07. The number of likely N-dealkylation sites (tertiary alicyclic amines) is 1. The minimum absolute atomic E-state index is 0.0745. The summed E-state index contributed by atoms with van der Waals surface area (Å²) in [4.78, 5) is 40.5. The van der Waals surface area contributed by atoms with Gasteiger partial charge in [-0.05, 0) is 65.4 Å². The number of ether oxygens (including phenoxy) is 2. The van der Waals surface area contributed by atoms with Gasteiger partial charge in [0.05, 0.1) is 13.2 Å². The molecule has 1 unspecified atom stereocenters. The molecule has 4 heterocycles. The van der Waals surface area contributed by atoms with Gasteiger partial charge in [0.25, 0.3) is 5.91 Å². The number of hydrogen-bond donors (Lipinski definition) is 1. The molecule has 8 nitrogen and oxygen atoms in total. The molecule has 9 heteroatoms. The van der Waals surface area contributed by atoms with Crippen molar-refractivity contribution in [2.24, 2.45) is 0 Å². The number of benzene rings is 2. The maximum absolute atomic E-state index is 12.9. The lowest BCUT2D eigenvalue weighted by molar-refractivity contribution is -0.136. The number of carbonyl (C=O) groups excluding carboxylic acids is 3. The highest BCUT2D eigenvalue weighted by molar-refractivity contribution is 6.30. The molecule has 6 rings (SSSR count). The van der Waals surface area contributed by atoms with Crippen molar-refractivity contribution in [1.29, 1.82) is 0 Å². The zero-order valence-corrected chi connectivity index (χ0v) is 21.1. The summed E-state index contributed by atoms with van der Waals surface area (Å²) in [7, 11) is 0. The van der Waals surface area contributed by atoms with Crippen LogP contribution in [0.15, 0.2) is 48.0 Å². The molecule has 2 fully saturated rings. The minimum Gasteiger partial charge on any atom is -0.488 e. The van der Waals surface area contributed by atoms with E-state index in [2.05, 4.69) is 22.3 Å². The second-order valence-electron chi connectivity index (χ2n) is 10.0. The third kappa shape index (κ3) is 4.89. The number of piperidine rings is 1. The van der Waals surface area contributed by atoms with Crippen LogP contribution in [-0.4, -0.2) is 72.5 Å². The molecule has 3 amide bonds. The van der Waals surface area contributed by atoms with Crippen molar-refractivity contribution in [1.82, 2.24) is 15.1 Å². The Morgan fingerprint density at radius 1 is 1.05 bits per heavy atom. The van der Waals surface area contributed by atoms with E-state index in [0.29, 0.717) is 25.1 Å². The van der Waals surface area contributed by atoms with Gasteiger partial charge in [-0.15, -0.1) is 0 Å². The van der Waals surface area contributed by atoms with Crippen LogP contribution in [0.2, 0.25) is 5.02 Å². The average molecular weight is 522 g/mol. The topological polar surface area (TPSA) is 88.2 Å². The molecule has 0 bridgehead atoms.